The number of aromatic nitrogens is 2. The number of phenols is 1. The minimum Gasteiger partial charge on any atom is -0.508 e. The summed E-state index contributed by atoms with van der Waals surface area (Å²) >= 11 is 3.34. The van der Waals surface area contributed by atoms with Crippen LogP contribution < -0.4 is 10.9 Å². The molecule has 1 aromatic heterocycles. The summed E-state index contributed by atoms with van der Waals surface area (Å²) in [6.45, 7) is 1.60. The Morgan fingerprint density at radius 2 is 1.93 bits per heavy atom. The summed E-state index contributed by atoms with van der Waals surface area (Å²) < 4.78 is 2.08. The minimum absolute atomic E-state index is 0.146. The van der Waals surface area contributed by atoms with Crippen molar-refractivity contribution in [1.82, 2.24) is 9.78 Å². The molecule has 7 heteroatoms. The Balaban J connectivity index is 1.79. The van der Waals surface area contributed by atoms with Crippen molar-refractivity contribution >= 4 is 27.5 Å². The van der Waals surface area contributed by atoms with E-state index < -0.39 is 0 Å². The molecule has 0 aliphatic rings. The van der Waals surface area contributed by atoms with Gasteiger partial charge in [0, 0.05) is 22.1 Å². The molecule has 0 spiro atoms. The molecule has 6 nitrogen and oxygen atoms in total. The average Bonchev–Trinajstić information content (AvgIpc) is 2.61. The zero-order chi connectivity index (χ0) is 19.4. The Morgan fingerprint density at radius 3 is 2.63 bits per heavy atom. The van der Waals surface area contributed by atoms with Crippen LogP contribution in [0.2, 0.25) is 0 Å². The largest absolute Gasteiger partial charge is 0.508 e. The third-order valence-electron chi connectivity index (χ3n) is 3.90. The molecular weight excluding hydrogens is 410 g/mol. The minimum atomic E-state index is -0.333. The number of halogens is 1. The van der Waals surface area contributed by atoms with Crippen molar-refractivity contribution < 1.29 is 9.90 Å². The molecule has 0 radical (unpaired) electrons. The van der Waals surface area contributed by atoms with E-state index in [0.717, 1.165) is 10.0 Å². The monoisotopic (exact) mass is 427 g/mol. The van der Waals surface area contributed by atoms with Gasteiger partial charge in [0.25, 0.3) is 5.56 Å². The smallest absolute Gasteiger partial charge is 0.270 e. The highest BCUT2D eigenvalue weighted by Gasteiger charge is 2.11. The number of aromatic hydroxyl groups is 1. The van der Waals surface area contributed by atoms with Crippen molar-refractivity contribution in [3.8, 4) is 5.75 Å². The molecule has 1 heterocycles. The van der Waals surface area contributed by atoms with Gasteiger partial charge in [-0.2, -0.15) is 5.10 Å². The molecule has 2 aromatic carbocycles. The summed E-state index contributed by atoms with van der Waals surface area (Å²) in [5.74, 6) is -0.187. The highest BCUT2D eigenvalue weighted by atomic mass is 79.9. The van der Waals surface area contributed by atoms with Gasteiger partial charge in [0.05, 0.1) is 5.69 Å². The van der Waals surface area contributed by atoms with Crippen molar-refractivity contribution in [2.45, 2.75) is 19.9 Å². The zero-order valence-electron chi connectivity index (χ0n) is 14.6. The number of phenolic OH excluding ortho intramolecular Hbond substituents is 1. The highest BCUT2D eigenvalue weighted by molar-refractivity contribution is 9.10. The van der Waals surface area contributed by atoms with Crippen LogP contribution in [0.4, 0.5) is 5.69 Å². The predicted molar refractivity (Wildman–Crippen MR) is 107 cm³/mol. The fourth-order valence-electron chi connectivity index (χ4n) is 2.73. The third-order valence-corrected chi connectivity index (χ3v) is 4.43. The maximum Gasteiger partial charge on any atom is 0.270 e. The van der Waals surface area contributed by atoms with Crippen LogP contribution in [-0.4, -0.2) is 20.8 Å². The Kier molecular flexibility index (Phi) is 5.71. The molecule has 0 unspecified atom stereocenters. The normalized spacial score (nSPS) is 10.6. The number of nitrogens with one attached hydrogen (secondary N) is 1. The lowest BCUT2D eigenvalue weighted by Gasteiger charge is -2.10. The number of benzene rings is 2. The molecule has 0 saturated heterocycles. The fraction of sp³-hybridized carbons (Fsp3) is 0.150. The third kappa shape index (κ3) is 5.04. The molecule has 3 rings (SSSR count). The first-order valence-corrected chi connectivity index (χ1v) is 9.11. The van der Waals surface area contributed by atoms with E-state index >= 15 is 0 Å². The number of carbonyl (C=O) groups is 1. The van der Waals surface area contributed by atoms with E-state index in [-0.39, 0.29) is 23.8 Å². The van der Waals surface area contributed by atoms with Gasteiger partial charge in [-0.05, 0) is 55.0 Å². The first-order valence-electron chi connectivity index (χ1n) is 8.32. The van der Waals surface area contributed by atoms with Gasteiger partial charge in [-0.25, -0.2) is 4.68 Å². The van der Waals surface area contributed by atoms with E-state index in [1.165, 1.54) is 4.68 Å². The van der Waals surface area contributed by atoms with Gasteiger partial charge in [-0.3, -0.25) is 9.59 Å². The lowest BCUT2D eigenvalue weighted by molar-refractivity contribution is -0.117. The molecule has 0 aliphatic carbocycles. The first-order chi connectivity index (χ1) is 12.9. The summed E-state index contributed by atoms with van der Waals surface area (Å²) in [5, 5.41) is 16.5. The Morgan fingerprint density at radius 1 is 1.19 bits per heavy atom. The van der Waals surface area contributed by atoms with Gasteiger partial charge in [0.2, 0.25) is 5.91 Å². The fourth-order valence-corrected chi connectivity index (χ4v) is 3.00. The van der Waals surface area contributed by atoms with E-state index in [1.54, 1.807) is 43.3 Å². The van der Waals surface area contributed by atoms with Crippen LogP contribution in [-0.2, 0) is 17.8 Å². The summed E-state index contributed by atoms with van der Waals surface area (Å²) in [5.41, 5.74) is 2.29. The quantitative estimate of drug-likeness (QED) is 0.654. The molecule has 1 amide bonds. The lowest BCUT2D eigenvalue weighted by Crippen LogP contribution is -2.32. The number of carbonyl (C=O) groups excluding carboxylic acids is 1. The number of anilines is 1. The molecule has 2 N–H and O–H groups in total. The molecule has 0 atom stereocenters. The van der Waals surface area contributed by atoms with Crippen molar-refractivity contribution in [3.05, 3.63) is 86.2 Å². The number of aryl methyl sites for hydroxylation is 1. The topological polar surface area (TPSA) is 84.2 Å². The Labute approximate surface area is 164 Å². The number of nitrogens with zero attached hydrogens (tertiary/aromatic N) is 2. The first kappa shape index (κ1) is 18.8. The average molecular weight is 428 g/mol. The van der Waals surface area contributed by atoms with Crippen molar-refractivity contribution in [1.29, 1.82) is 0 Å². The van der Waals surface area contributed by atoms with Gasteiger partial charge in [-0.15, -0.1) is 0 Å². The van der Waals surface area contributed by atoms with Crippen LogP contribution in [0.15, 0.2) is 63.9 Å². The molecule has 3 aromatic rings. The molecule has 0 saturated carbocycles. The molecule has 0 bridgehead atoms. The SMILES string of the molecule is Cc1cc(Cc2cccc(O)c2)c(=O)n(CC(=O)Nc2ccc(Br)cc2)n1. The molecule has 0 fully saturated rings. The molecular formula is C20H18BrN3O3. The van der Waals surface area contributed by atoms with Gasteiger partial charge in [0.15, 0.2) is 0 Å². The van der Waals surface area contributed by atoms with Crippen LogP contribution in [0, 0.1) is 6.92 Å². The number of hydrogen-bond acceptors (Lipinski definition) is 4. The van der Waals surface area contributed by atoms with Crippen LogP contribution in [0.3, 0.4) is 0 Å². The second-order valence-electron chi connectivity index (χ2n) is 6.18. The molecule has 27 heavy (non-hydrogen) atoms. The lowest BCUT2D eigenvalue weighted by atomic mass is 10.1. The Bertz CT molecular complexity index is 1030. The van der Waals surface area contributed by atoms with Crippen LogP contribution in [0.5, 0.6) is 5.75 Å². The number of hydrogen-bond donors (Lipinski definition) is 2. The van der Waals surface area contributed by atoms with Crippen LogP contribution in [0.25, 0.3) is 0 Å². The molecule has 0 aliphatic heterocycles. The van der Waals surface area contributed by atoms with E-state index in [1.807, 2.05) is 18.2 Å². The standard InChI is InChI=1S/C20H18BrN3O3/c1-13-9-15(10-14-3-2-4-18(25)11-14)20(27)24(23-13)12-19(26)22-17-7-5-16(21)6-8-17/h2-9,11,25H,10,12H2,1H3,(H,22,26). The van der Waals surface area contributed by atoms with Crippen molar-refractivity contribution in [2.75, 3.05) is 5.32 Å². The van der Waals surface area contributed by atoms with Crippen molar-refractivity contribution in [2.24, 2.45) is 0 Å². The zero-order valence-corrected chi connectivity index (χ0v) is 16.2. The summed E-state index contributed by atoms with van der Waals surface area (Å²) in [6.07, 6.45) is 0.352. The van der Waals surface area contributed by atoms with Gasteiger partial charge in [0.1, 0.15) is 12.3 Å². The van der Waals surface area contributed by atoms with Gasteiger partial charge in [-0.1, -0.05) is 28.1 Å². The van der Waals surface area contributed by atoms with E-state index in [2.05, 4.69) is 26.3 Å². The molecule has 138 valence electrons. The second kappa shape index (κ2) is 8.18. The summed E-state index contributed by atoms with van der Waals surface area (Å²) in [7, 11) is 0. The van der Waals surface area contributed by atoms with E-state index in [0.29, 0.717) is 23.4 Å². The van der Waals surface area contributed by atoms with Crippen LogP contribution in [0.1, 0.15) is 16.8 Å². The summed E-state index contributed by atoms with van der Waals surface area (Å²) in [6, 6.07) is 15.6. The van der Waals surface area contributed by atoms with Gasteiger partial charge < -0.3 is 10.4 Å². The van der Waals surface area contributed by atoms with Crippen molar-refractivity contribution in [3.63, 3.8) is 0 Å². The van der Waals surface area contributed by atoms with E-state index in [4.69, 9.17) is 0 Å². The van der Waals surface area contributed by atoms with Crippen LogP contribution >= 0.6 is 15.9 Å². The number of rotatable bonds is 5. The highest BCUT2D eigenvalue weighted by Crippen LogP contribution is 2.15. The van der Waals surface area contributed by atoms with E-state index in [9.17, 15) is 14.7 Å². The second-order valence-corrected chi connectivity index (χ2v) is 7.09. The maximum atomic E-state index is 12.7. The Hall–Kier alpha value is -2.93. The van der Waals surface area contributed by atoms with Gasteiger partial charge >= 0.3 is 0 Å². The maximum absolute atomic E-state index is 12.7. The summed E-state index contributed by atoms with van der Waals surface area (Å²) in [4.78, 5) is 25.0. The number of amides is 1. The predicted octanol–water partition coefficient (Wildman–Crippen LogP) is 3.25.